The molecule has 2 aliphatic heterocycles. The number of rotatable bonds is 5. The van der Waals surface area contributed by atoms with Gasteiger partial charge in [-0.05, 0) is 0 Å². The molecule has 1 spiro atoms. The molecule has 0 amide bonds. The molecule has 3 aromatic rings. The first-order valence-electron chi connectivity index (χ1n) is 14.0. The summed E-state index contributed by atoms with van der Waals surface area (Å²) in [5.74, 6) is -31.4. The first-order chi connectivity index (χ1) is 24.4. The third kappa shape index (κ3) is 4.83. The number of alkyl halides is 23. The molecule has 0 atom stereocenters. The number of halogens is 23. The maximum absolute atomic E-state index is 15.9. The molecule has 2 aliphatic rings. The van der Waals surface area contributed by atoms with Crippen molar-refractivity contribution >= 4 is 23.0 Å². The molecule has 0 aliphatic carbocycles. The molecule has 55 heavy (non-hydrogen) atoms. The zero-order valence-electron chi connectivity index (χ0n) is 25.4. The molecular formula is C29H12F23O2P. The van der Waals surface area contributed by atoms with Crippen molar-refractivity contribution in [2.24, 2.45) is 0 Å². The summed E-state index contributed by atoms with van der Waals surface area (Å²) >= 11 is 0. The van der Waals surface area contributed by atoms with Gasteiger partial charge in [-0.3, -0.25) is 0 Å². The fourth-order valence-corrected chi connectivity index (χ4v) is 12.5. The van der Waals surface area contributed by atoms with Crippen LogP contribution in [-0.4, -0.2) is 48.4 Å². The molecule has 0 bridgehead atoms. The molecule has 306 valence electrons. The van der Waals surface area contributed by atoms with Crippen molar-refractivity contribution in [1.29, 1.82) is 0 Å². The summed E-state index contributed by atoms with van der Waals surface area (Å²) in [7, 11) is -8.69. The van der Waals surface area contributed by atoms with Crippen LogP contribution in [0.25, 0.3) is 0 Å². The van der Waals surface area contributed by atoms with Crippen LogP contribution in [0.3, 0.4) is 0 Å². The summed E-state index contributed by atoms with van der Waals surface area (Å²) in [5, 5.41) is -6.97. The van der Waals surface area contributed by atoms with Gasteiger partial charge in [0.2, 0.25) is 0 Å². The molecule has 0 aromatic heterocycles. The third-order valence-corrected chi connectivity index (χ3v) is 13.9. The maximum atomic E-state index is 15.9. The molecular weight excluding hydrogens is 848 g/mol. The Morgan fingerprint density at radius 3 is 0.891 bits per heavy atom. The van der Waals surface area contributed by atoms with Gasteiger partial charge < -0.3 is 0 Å². The van der Waals surface area contributed by atoms with E-state index in [0.717, 1.165) is 0 Å². The predicted octanol–water partition coefficient (Wildman–Crippen LogP) is 10.6. The fourth-order valence-electron chi connectivity index (χ4n) is 6.62. The van der Waals surface area contributed by atoms with E-state index in [1.165, 1.54) is 0 Å². The number of benzene rings is 3. The average molecular weight is 860 g/mol. The van der Waals surface area contributed by atoms with Crippen molar-refractivity contribution in [1.82, 2.24) is 0 Å². The summed E-state index contributed by atoms with van der Waals surface area (Å²) < 4.78 is 348. The Hall–Kier alpha value is -3.60. The van der Waals surface area contributed by atoms with E-state index in [0.29, 0.717) is 0 Å². The van der Waals surface area contributed by atoms with Gasteiger partial charge in [-0.1, -0.05) is 0 Å². The van der Waals surface area contributed by atoms with E-state index in [4.69, 9.17) is 0 Å². The van der Waals surface area contributed by atoms with Gasteiger partial charge in [0, 0.05) is 0 Å². The third-order valence-electron chi connectivity index (χ3n) is 8.92. The van der Waals surface area contributed by atoms with E-state index in [1.54, 1.807) is 0 Å². The SMILES string of the molecule is FC(F)(F)c1ccc(P23(OC(C(F)(F)C(F)(F)F)(C(F)(F)C(F)(F)F)c4ccccc42)OC(C(F)(F)C(F)(F)F)(C(F)(F)C(F)(F)F)c2ccccc23)cc1. The molecule has 3 aromatic carbocycles. The quantitative estimate of drug-likeness (QED) is 0.188. The van der Waals surface area contributed by atoms with Crippen LogP contribution in [-0.2, 0) is 26.4 Å². The molecule has 2 heterocycles. The minimum atomic E-state index is -8.69. The van der Waals surface area contributed by atoms with Crippen LogP contribution in [0.5, 0.6) is 0 Å². The van der Waals surface area contributed by atoms with Gasteiger partial charge in [0.1, 0.15) is 0 Å². The van der Waals surface area contributed by atoms with E-state index in [1.807, 2.05) is 0 Å². The second-order valence-corrected chi connectivity index (χ2v) is 15.6. The topological polar surface area (TPSA) is 18.5 Å². The Bertz CT molecular complexity index is 1820. The van der Waals surface area contributed by atoms with Gasteiger partial charge in [0.15, 0.2) is 0 Å². The van der Waals surface area contributed by atoms with Crippen LogP contribution < -0.4 is 15.9 Å². The number of hydrogen-bond donors (Lipinski definition) is 0. The van der Waals surface area contributed by atoms with Crippen molar-refractivity contribution < 1.29 is 110 Å². The standard InChI is InChI=1S/C29H12F23O2P/c30-21(31,32)13-9-11-14(12-10-13)55(17-7-3-1-5-15(17)19(53-55,22(33,34)26(41,42)43)23(35,36)27(44,45)46)18-8-4-2-6-16(18)20(54-55,24(37,38)28(47,48)49)25(39,40)29(50,51)52/h1-12H. The molecule has 0 unspecified atom stereocenters. The van der Waals surface area contributed by atoms with Crippen LogP contribution in [0.4, 0.5) is 101 Å². The predicted molar refractivity (Wildman–Crippen MR) is 140 cm³/mol. The molecule has 26 heteroatoms. The summed E-state index contributed by atoms with van der Waals surface area (Å²) in [6.07, 6.45) is -36.7. The Morgan fingerprint density at radius 1 is 0.364 bits per heavy atom. The first-order valence-corrected chi connectivity index (χ1v) is 16.1. The fraction of sp³-hybridized carbons (Fsp3) is 0.379. The zero-order chi connectivity index (χ0) is 42.3. The van der Waals surface area contributed by atoms with Gasteiger partial charge in [0.25, 0.3) is 0 Å². The number of hydrogen-bond acceptors (Lipinski definition) is 2. The van der Waals surface area contributed by atoms with Crippen LogP contribution >= 0.6 is 7.06 Å². The van der Waals surface area contributed by atoms with Gasteiger partial charge >= 0.3 is 288 Å². The normalized spacial score (nSPS) is 20.8. The van der Waals surface area contributed by atoms with Crippen LogP contribution in [0.15, 0.2) is 72.8 Å². The summed E-state index contributed by atoms with van der Waals surface area (Å²) in [5.41, 5.74) is -21.8. The van der Waals surface area contributed by atoms with Crippen molar-refractivity contribution in [2.45, 2.75) is 65.8 Å². The molecule has 0 fully saturated rings. The Labute approximate surface area is 288 Å². The summed E-state index contributed by atoms with van der Waals surface area (Å²) in [6, 6.07) is -2.78. The second kappa shape index (κ2) is 11.3. The molecule has 0 radical (unpaired) electrons. The number of fused-ring (bicyclic) bond motifs is 4. The van der Waals surface area contributed by atoms with E-state index in [2.05, 4.69) is 9.05 Å². The van der Waals surface area contributed by atoms with Gasteiger partial charge in [-0.25, -0.2) is 0 Å². The van der Waals surface area contributed by atoms with Crippen LogP contribution in [0.2, 0.25) is 0 Å². The van der Waals surface area contributed by atoms with Crippen LogP contribution in [0.1, 0.15) is 16.7 Å². The van der Waals surface area contributed by atoms with E-state index in [9.17, 15) is 65.9 Å². The summed E-state index contributed by atoms with van der Waals surface area (Å²) in [6.45, 7) is 0. The van der Waals surface area contributed by atoms with E-state index in [-0.39, 0.29) is 36.4 Å². The van der Waals surface area contributed by atoms with Crippen molar-refractivity contribution in [3.63, 3.8) is 0 Å². The van der Waals surface area contributed by atoms with Gasteiger partial charge in [0.05, 0.1) is 0 Å². The average Bonchev–Trinajstić information content (AvgIpc) is 3.48. The molecule has 0 N–H and O–H groups in total. The van der Waals surface area contributed by atoms with Gasteiger partial charge in [-0.15, -0.1) is 0 Å². The van der Waals surface area contributed by atoms with Crippen molar-refractivity contribution in [3.05, 3.63) is 89.5 Å². The Morgan fingerprint density at radius 2 is 0.636 bits per heavy atom. The van der Waals surface area contributed by atoms with E-state index < -0.39 is 142 Å². The van der Waals surface area contributed by atoms with E-state index >= 15 is 35.1 Å². The molecule has 0 saturated heterocycles. The molecule has 2 nitrogen and oxygen atoms in total. The minimum absolute atomic E-state index is 0.0467. The Balaban J connectivity index is 2.21. The van der Waals surface area contributed by atoms with Crippen molar-refractivity contribution in [2.75, 3.05) is 0 Å². The molecule has 5 rings (SSSR count). The first kappa shape index (κ1) is 42.5. The van der Waals surface area contributed by atoms with Gasteiger partial charge in [-0.2, -0.15) is 0 Å². The Kier molecular flexibility index (Phi) is 8.73. The monoisotopic (exact) mass is 860 g/mol. The summed E-state index contributed by atoms with van der Waals surface area (Å²) in [4.78, 5) is 0. The van der Waals surface area contributed by atoms with Crippen LogP contribution in [0, 0.1) is 0 Å². The van der Waals surface area contributed by atoms with Crippen molar-refractivity contribution in [3.8, 4) is 0 Å². The molecule has 0 saturated carbocycles. The zero-order valence-corrected chi connectivity index (χ0v) is 26.3. The second-order valence-electron chi connectivity index (χ2n) is 11.9.